The Morgan fingerprint density at radius 2 is 1.86 bits per heavy atom. The van der Waals surface area contributed by atoms with Gasteiger partial charge in [0, 0.05) is 37.6 Å². The van der Waals surface area contributed by atoms with Gasteiger partial charge in [0.25, 0.3) is 0 Å². The first-order chi connectivity index (χ1) is 13.7. The quantitative estimate of drug-likeness (QED) is 0.628. The Balaban J connectivity index is 1.61. The second-order valence-electron chi connectivity index (χ2n) is 6.43. The zero-order chi connectivity index (χ0) is 19.5. The second kappa shape index (κ2) is 7.86. The molecule has 0 bridgehead atoms. The minimum atomic E-state index is -0.0436. The number of hydrogen-bond donors (Lipinski definition) is 0. The molecule has 1 aromatic heterocycles. The van der Waals surface area contributed by atoms with Gasteiger partial charge in [0.05, 0.1) is 10.5 Å². The molecule has 1 fully saturated rings. The minimum Gasteiger partial charge on any atom is -0.456 e. The van der Waals surface area contributed by atoms with Gasteiger partial charge in [0.1, 0.15) is 23.6 Å². The lowest BCUT2D eigenvalue weighted by Crippen LogP contribution is -2.48. The lowest BCUT2D eigenvalue weighted by Gasteiger charge is -2.35. The zero-order valence-electron chi connectivity index (χ0n) is 15.2. The normalized spacial score (nSPS) is 14.2. The van der Waals surface area contributed by atoms with Gasteiger partial charge in [0.2, 0.25) is 5.91 Å². The molecule has 1 aliphatic rings. The monoisotopic (exact) mass is 394 g/mol. The molecular weight excluding hydrogens is 376 g/mol. The molecule has 7 heteroatoms. The fourth-order valence-corrected chi connectivity index (χ4v) is 3.46. The molecule has 3 aromatic rings. The van der Waals surface area contributed by atoms with Crippen molar-refractivity contribution >= 4 is 34.2 Å². The van der Waals surface area contributed by atoms with Gasteiger partial charge in [-0.05, 0) is 24.3 Å². The summed E-state index contributed by atoms with van der Waals surface area (Å²) in [5.41, 5.74) is 0.755. The van der Waals surface area contributed by atoms with E-state index < -0.39 is 0 Å². The Hall–Kier alpha value is -3.12. The van der Waals surface area contributed by atoms with Gasteiger partial charge in [-0.15, -0.1) is 0 Å². The number of benzene rings is 2. The molecule has 2 heterocycles. The fourth-order valence-electron chi connectivity index (χ4n) is 3.26. The third-order valence-electron chi connectivity index (χ3n) is 4.70. The Kier molecular flexibility index (Phi) is 5.12. The third kappa shape index (κ3) is 3.64. The molecule has 4 rings (SSSR count). The highest BCUT2D eigenvalue weighted by molar-refractivity contribution is 6.33. The van der Waals surface area contributed by atoms with Gasteiger partial charge in [-0.1, -0.05) is 36.4 Å². The molecule has 142 valence electrons. The van der Waals surface area contributed by atoms with Crippen LogP contribution >= 0.6 is 11.6 Å². The molecule has 0 aliphatic carbocycles. The maximum absolute atomic E-state index is 11.8. The summed E-state index contributed by atoms with van der Waals surface area (Å²) in [7, 11) is 0. The van der Waals surface area contributed by atoms with Crippen LogP contribution in [0.5, 0.6) is 11.5 Å². The lowest BCUT2D eigenvalue weighted by molar-refractivity contribution is -0.126. The van der Waals surface area contributed by atoms with Gasteiger partial charge < -0.3 is 14.5 Å². The van der Waals surface area contributed by atoms with E-state index in [2.05, 4.69) is 21.4 Å². The number of carbonyl (C=O) groups is 1. The van der Waals surface area contributed by atoms with E-state index in [9.17, 15) is 4.79 Å². The van der Waals surface area contributed by atoms with Crippen LogP contribution < -0.4 is 9.64 Å². The van der Waals surface area contributed by atoms with E-state index >= 15 is 0 Å². The number of anilines is 1. The summed E-state index contributed by atoms with van der Waals surface area (Å²) in [5, 5.41) is 1.35. The number of rotatable bonds is 4. The molecule has 1 amide bonds. The number of fused-ring (bicyclic) bond motifs is 1. The number of aromatic nitrogens is 2. The van der Waals surface area contributed by atoms with Crippen molar-refractivity contribution in [2.24, 2.45) is 0 Å². The SMILES string of the molecule is C=CC(=O)N1CCN(c2ncnc3cc(Oc4ccccc4)c(Cl)cc23)CC1. The van der Waals surface area contributed by atoms with E-state index in [1.54, 1.807) is 11.2 Å². The van der Waals surface area contributed by atoms with Crippen molar-refractivity contribution in [1.29, 1.82) is 0 Å². The third-order valence-corrected chi connectivity index (χ3v) is 5.00. The molecule has 2 aromatic carbocycles. The zero-order valence-corrected chi connectivity index (χ0v) is 16.0. The van der Waals surface area contributed by atoms with Gasteiger partial charge in [-0.2, -0.15) is 0 Å². The van der Waals surface area contributed by atoms with E-state index in [1.165, 1.54) is 6.08 Å². The number of ether oxygens (including phenoxy) is 1. The van der Waals surface area contributed by atoms with E-state index in [0.29, 0.717) is 42.7 Å². The largest absolute Gasteiger partial charge is 0.456 e. The Labute approximate surface area is 168 Å². The number of nitrogens with zero attached hydrogens (tertiary/aromatic N) is 4. The van der Waals surface area contributed by atoms with Crippen molar-refractivity contribution < 1.29 is 9.53 Å². The molecular formula is C21H19ClN4O2. The first kappa shape index (κ1) is 18.3. The predicted octanol–water partition coefficient (Wildman–Crippen LogP) is 3.91. The van der Waals surface area contributed by atoms with Crippen LogP contribution in [0.15, 0.2) is 61.4 Å². The van der Waals surface area contributed by atoms with Crippen LogP contribution in [0.1, 0.15) is 0 Å². The van der Waals surface area contributed by atoms with Gasteiger partial charge in [-0.25, -0.2) is 9.97 Å². The van der Waals surface area contributed by atoms with Gasteiger partial charge >= 0.3 is 0 Å². The van der Waals surface area contributed by atoms with Crippen LogP contribution in [-0.4, -0.2) is 47.0 Å². The number of para-hydroxylation sites is 1. The Morgan fingerprint density at radius 3 is 2.57 bits per heavy atom. The molecule has 28 heavy (non-hydrogen) atoms. The summed E-state index contributed by atoms with van der Waals surface area (Å²) < 4.78 is 5.90. The highest BCUT2D eigenvalue weighted by Crippen LogP contribution is 2.35. The molecule has 0 atom stereocenters. The van der Waals surface area contributed by atoms with Gasteiger partial charge in [-0.3, -0.25) is 4.79 Å². The molecule has 1 aliphatic heterocycles. The molecule has 0 N–H and O–H groups in total. The first-order valence-corrected chi connectivity index (χ1v) is 9.37. The van der Waals surface area contributed by atoms with Crippen molar-refractivity contribution in [3.05, 3.63) is 66.5 Å². The van der Waals surface area contributed by atoms with Crippen LogP contribution in [0.3, 0.4) is 0 Å². The van der Waals surface area contributed by atoms with E-state index in [-0.39, 0.29) is 5.91 Å². The average Bonchev–Trinajstić information content (AvgIpc) is 2.74. The minimum absolute atomic E-state index is 0.0436. The molecule has 0 radical (unpaired) electrons. The fraction of sp³-hybridized carbons (Fsp3) is 0.190. The smallest absolute Gasteiger partial charge is 0.246 e. The van der Waals surface area contributed by atoms with Crippen LogP contribution in [0.25, 0.3) is 10.9 Å². The lowest BCUT2D eigenvalue weighted by atomic mass is 10.2. The average molecular weight is 395 g/mol. The number of amides is 1. The maximum Gasteiger partial charge on any atom is 0.246 e. The second-order valence-corrected chi connectivity index (χ2v) is 6.84. The number of halogens is 1. The van der Waals surface area contributed by atoms with Crippen molar-refractivity contribution in [3.8, 4) is 11.5 Å². The Morgan fingerprint density at radius 1 is 1.11 bits per heavy atom. The van der Waals surface area contributed by atoms with Gasteiger partial charge in [0.15, 0.2) is 0 Å². The van der Waals surface area contributed by atoms with Crippen LogP contribution in [0.4, 0.5) is 5.82 Å². The topological polar surface area (TPSA) is 58.6 Å². The summed E-state index contributed by atoms with van der Waals surface area (Å²) in [6, 6.07) is 13.1. The summed E-state index contributed by atoms with van der Waals surface area (Å²) in [5.74, 6) is 2.02. The van der Waals surface area contributed by atoms with Crippen LogP contribution in [0, 0.1) is 0 Å². The van der Waals surface area contributed by atoms with Crippen molar-refractivity contribution in [2.45, 2.75) is 0 Å². The van der Waals surface area contributed by atoms with Crippen LogP contribution in [0.2, 0.25) is 5.02 Å². The summed E-state index contributed by atoms with van der Waals surface area (Å²) in [6.45, 7) is 6.17. The van der Waals surface area contributed by atoms with Crippen molar-refractivity contribution in [2.75, 3.05) is 31.1 Å². The van der Waals surface area contributed by atoms with E-state index in [4.69, 9.17) is 16.3 Å². The summed E-state index contributed by atoms with van der Waals surface area (Å²) in [6.07, 6.45) is 2.89. The molecule has 6 nitrogen and oxygen atoms in total. The molecule has 1 saturated heterocycles. The maximum atomic E-state index is 11.8. The van der Waals surface area contributed by atoms with Crippen LogP contribution in [-0.2, 0) is 4.79 Å². The number of piperazine rings is 1. The standard InChI is InChI=1S/C21H19ClN4O2/c1-2-20(27)25-8-10-26(11-9-25)21-16-12-17(22)19(13-18(16)23-14-24-21)28-15-6-4-3-5-7-15/h2-7,12-14H,1,8-11H2. The molecule has 0 unspecified atom stereocenters. The summed E-state index contributed by atoms with van der Waals surface area (Å²) in [4.78, 5) is 24.6. The highest BCUT2D eigenvalue weighted by Gasteiger charge is 2.22. The summed E-state index contributed by atoms with van der Waals surface area (Å²) >= 11 is 6.48. The number of carbonyl (C=O) groups excluding carboxylic acids is 1. The Bertz CT molecular complexity index is 1020. The van der Waals surface area contributed by atoms with Crippen molar-refractivity contribution in [1.82, 2.24) is 14.9 Å². The van der Waals surface area contributed by atoms with E-state index in [1.807, 2.05) is 42.5 Å². The number of hydrogen-bond acceptors (Lipinski definition) is 5. The van der Waals surface area contributed by atoms with E-state index in [0.717, 1.165) is 16.7 Å². The first-order valence-electron chi connectivity index (χ1n) is 8.99. The highest BCUT2D eigenvalue weighted by atomic mass is 35.5. The molecule has 0 spiro atoms. The molecule has 0 saturated carbocycles. The predicted molar refractivity (Wildman–Crippen MR) is 110 cm³/mol. The van der Waals surface area contributed by atoms with Crippen molar-refractivity contribution in [3.63, 3.8) is 0 Å².